The molecule has 0 N–H and O–H groups in total. The lowest BCUT2D eigenvalue weighted by Gasteiger charge is -2.33. The van der Waals surface area contributed by atoms with Gasteiger partial charge in [0.15, 0.2) is 0 Å². The molecule has 1 atom stereocenters. The number of unbranched alkanes of at least 4 members (excludes halogenated alkanes) is 2. The third-order valence-electron chi connectivity index (χ3n) is 4.22. The first-order chi connectivity index (χ1) is 11.7. The summed E-state index contributed by atoms with van der Waals surface area (Å²) in [5.74, 6) is -0.334. The van der Waals surface area contributed by atoms with Gasteiger partial charge in [-0.2, -0.15) is 5.26 Å². The van der Waals surface area contributed by atoms with Gasteiger partial charge in [-0.1, -0.05) is 66.6 Å². The van der Waals surface area contributed by atoms with E-state index in [1.807, 2.05) is 48.5 Å². The number of nitrogens with zero attached hydrogens (tertiary/aromatic N) is 1. The second-order valence-electron chi connectivity index (χ2n) is 5.61. The van der Waals surface area contributed by atoms with Crippen molar-refractivity contribution in [1.29, 1.82) is 5.26 Å². The summed E-state index contributed by atoms with van der Waals surface area (Å²) in [6.45, 7) is 0. The van der Waals surface area contributed by atoms with E-state index in [0.717, 1.165) is 24.0 Å². The zero-order valence-electron chi connectivity index (χ0n) is 13.7. The van der Waals surface area contributed by atoms with E-state index in [1.165, 1.54) is 7.11 Å². The van der Waals surface area contributed by atoms with Crippen LogP contribution >= 0.6 is 11.6 Å². The highest BCUT2D eigenvalue weighted by molar-refractivity contribution is 6.31. The minimum atomic E-state index is -0.968. The third-order valence-corrected chi connectivity index (χ3v) is 4.55. The van der Waals surface area contributed by atoms with Crippen molar-refractivity contribution in [2.24, 2.45) is 0 Å². The first-order valence-electron chi connectivity index (χ1n) is 7.92. The fraction of sp³-hybridized carbons (Fsp3) is 0.300. The van der Waals surface area contributed by atoms with Gasteiger partial charge in [-0.15, -0.1) is 0 Å². The van der Waals surface area contributed by atoms with E-state index in [-0.39, 0.29) is 5.97 Å². The highest BCUT2D eigenvalue weighted by atomic mass is 35.5. The number of ether oxygens (including phenoxy) is 1. The lowest BCUT2D eigenvalue weighted by atomic mass is 9.71. The van der Waals surface area contributed by atoms with Gasteiger partial charge in [0.2, 0.25) is 0 Å². The standard InChI is InChI=1S/C20H20ClNO2/c1-24-19(23)20(14-8-3-9-15-22,16-10-4-2-5-11-16)17-12-6-7-13-18(17)21/h2,4-7,10-13H,3,8-9,14H2,1H3. The normalized spacial score (nSPS) is 12.9. The Morgan fingerprint density at radius 3 is 2.42 bits per heavy atom. The molecular formula is C20H20ClNO2. The molecule has 0 aliphatic carbocycles. The molecule has 0 amide bonds. The number of esters is 1. The van der Waals surface area contributed by atoms with Crippen LogP contribution in [-0.4, -0.2) is 13.1 Å². The Kier molecular flexibility index (Phi) is 6.40. The molecule has 124 valence electrons. The molecule has 1 unspecified atom stereocenters. The molecule has 0 bridgehead atoms. The fourth-order valence-electron chi connectivity index (χ4n) is 3.06. The van der Waals surface area contributed by atoms with Crippen molar-refractivity contribution in [3.63, 3.8) is 0 Å². The van der Waals surface area contributed by atoms with E-state index in [9.17, 15) is 4.79 Å². The van der Waals surface area contributed by atoms with Gasteiger partial charge in [0, 0.05) is 11.4 Å². The van der Waals surface area contributed by atoms with Crippen molar-refractivity contribution in [2.75, 3.05) is 7.11 Å². The van der Waals surface area contributed by atoms with E-state index < -0.39 is 5.41 Å². The van der Waals surface area contributed by atoms with Crippen LogP contribution in [0.25, 0.3) is 0 Å². The molecular weight excluding hydrogens is 322 g/mol. The van der Waals surface area contributed by atoms with Crippen LogP contribution in [0.1, 0.15) is 36.8 Å². The van der Waals surface area contributed by atoms with Gasteiger partial charge in [0.1, 0.15) is 5.41 Å². The van der Waals surface area contributed by atoms with Gasteiger partial charge in [-0.25, -0.2) is 0 Å². The number of benzene rings is 2. The Morgan fingerprint density at radius 1 is 1.12 bits per heavy atom. The molecule has 2 rings (SSSR count). The number of hydrogen-bond donors (Lipinski definition) is 0. The molecule has 0 aromatic heterocycles. The average molecular weight is 342 g/mol. The molecule has 2 aromatic carbocycles. The van der Waals surface area contributed by atoms with E-state index in [2.05, 4.69) is 6.07 Å². The monoisotopic (exact) mass is 341 g/mol. The molecule has 0 fully saturated rings. The topological polar surface area (TPSA) is 50.1 Å². The number of nitriles is 1. The van der Waals surface area contributed by atoms with Crippen LogP contribution in [0.2, 0.25) is 5.02 Å². The summed E-state index contributed by atoms with van der Waals surface area (Å²) in [6, 6.07) is 19.1. The molecule has 2 aromatic rings. The lowest BCUT2D eigenvalue weighted by molar-refractivity contribution is -0.146. The van der Waals surface area contributed by atoms with Crippen molar-refractivity contribution >= 4 is 17.6 Å². The second-order valence-corrected chi connectivity index (χ2v) is 6.02. The van der Waals surface area contributed by atoms with E-state index in [0.29, 0.717) is 17.9 Å². The molecule has 0 saturated heterocycles. The van der Waals surface area contributed by atoms with Gasteiger partial charge >= 0.3 is 5.97 Å². The third kappa shape index (κ3) is 3.60. The van der Waals surface area contributed by atoms with E-state index in [1.54, 1.807) is 6.07 Å². The molecule has 4 heteroatoms. The van der Waals surface area contributed by atoms with Crippen LogP contribution in [0, 0.1) is 11.3 Å². The molecule has 0 aliphatic heterocycles. The first-order valence-corrected chi connectivity index (χ1v) is 8.30. The predicted molar refractivity (Wildman–Crippen MR) is 94.8 cm³/mol. The predicted octanol–water partition coefficient (Wildman–Crippen LogP) is 4.88. The van der Waals surface area contributed by atoms with Crippen molar-refractivity contribution in [3.05, 3.63) is 70.7 Å². The Balaban J connectivity index is 2.58. The quantitative estimate of drug-likeness (QED) is 0.532. The molecule has 0 heterocycles. The summed E-state index contributed by atoms with van der Waals surface area (Å²) in [5.41, 5.74) is 0.618. The zero-order valence-corrected chi connectivity index (χ0v) is 14.4. The number of carbonyl (C=O) groups is 1. The highest BCUT2D eigenvalue weighted by Crippen LogP contribution is 2.41. The van der Waals surface area contributed by atoms with Crippen molar-refractivity contribution in [3.8, 4) is 6.07 Å². The second kappa shape index (κ2) is 8.52. The van der Waals surface area contributed by atoms with Crippen LogP contribution in [0.15, 0.2) is 54.6 Å². The highest BCUT2D eigenvalue weighted by Gasteiger charge is 2.43. The van der Waals surface area contributed by atoms with Gasteiger partial charge in [-0.3, -0.25) is 4.79 Å². The van der Waals surface area contributed by atoms with Crippen molar-refractivity contribution in [1.82, 2.24) is 0 Å². The smallest absolute Gasteiger partial charge is 0.320 e. The largest absolute Gasteiger partial charge is 0.468 e. The number of hydrogen-bond acceptors (Lipinski definition) is 3. The maximum Gasteiger partial charge on any atom is 0.320 e. The Hall–Kier alpha value is -2.31. The van der Waals surface area contributed by atoms with Crippen LogP contribution in [-0.2, 0) is 14.9 Å². The first kappa shape index (κ1) is 18.0. The van der Waals surface area contributed by atoms with E-state index in [4.69, 9.17) is 21.6 Å². The summed E-state index contributed by atoms with van der Waals surface area (Å²) in [6.07, 6.45) is 2.46. The minimum Gasteiger partial charge on any atom is -0.468 e. The number of halogens is 1. The van der Waals surface area contributed by atoms with Gasteiger partial charge in [-0.05, 0) is 30.0 Å². The maximum absolute atomic E-state index is 12.9. The average Bonchev–Trinajstić information content (AvgIpc) is 2.63. The lowest BCUT2D eigenvalue weighted by Crippen LogP contribution is -2.38. The van der Waals surface area contributed by atoms with Crippen LogP contribution in [0.4, 0.5) is 0 Å². The van der Waals surface area contributed by atoms with Crippen LogP contribution < -0.4 is 0 Å². The summed E-state index contributed by atoms with van der Waals surface area (Å²) in [4.78, 5) is 12.9. The van der Waals surface area contributed by atoms with Crippen LogP contribution in [0.5, 0.6) is 0 Å². The van der Waals surface area contributed by atoms with Gasteiger partial charge < -0.3 is 4.74 Å². The Labute approximate surface area is 147 Å². The molecule has 0 aliphatic rings. The fourth-order valence-corrected chi connectivity index (χ4v) is 3.36. The summed E-state index contributed by atoms with van der Waals surface area (Å²) in [5, 5.41) is 9.30. The Morgan fingerprint density at radius 2 is 1.79 bits per heavy atom. The zero-order chi connectivity index (χ0) is 17.4. The molecule has 0 saturated carbocycles. The van der Waals surface area contributed by atoms with Crippen molar-refractivity contribution in [2.45, 2.75) is 31.1 Å². The molecule has 24 heavy (non-hydrogen) atoms. The SMILES string of the molecule is COC(=O)C(CCCCC#N)(c1ccccc1)c1ccccc1Cl. The number of carbonyl (C=O) groups excluding carboxylic acids is 1. The Bertz CT molecular complexity index is 724. The number of rotatable bonds is 7. The van der Waals surface area contributed by atoms with Crippen molar-refractivity contribution < 1.29 is 9.53 Å². The molecule has 0 spiro atoms. The summed E-state index contributed by atoms with van der Waals surface area (Å²) >= 11 is 6.44. The van der Waals surface area contributed by atoms with Crippen LogP contribution in [0.3, 0.4) is 0 Å². The van der Waals surface area contributed by atoms with E-state index >= 15 is 0 Å². The molecule has 3 nitrogen and oxygen atoms in total. The number of methoxy groups -OCH3 is 1. The van der Waals surface area contributed by atoms with Gasteiger partial charge in [0.05, 0.1) is 13.2 Å². The van der Waals surface area contributed by atoms with Gasteiger partial charge in [0.25, 0.3) is 0 Å². The maximum atomic E-state index is 12.9. The minimum absolute atomic E-state index is 0.334. The molecule has 0 radical (unpaired) electrons. The summed E-state index contributed by atoms with van der Waals surface area (Å²) in [7, 11) is 1.39. The summed E-state index contributed by atoms with van der Waals surface area (Å²) < 4.78 is 5.17.